The van der Waals surface area contributed by atoms with E-state index in [1.807, 2.05) is 0 Å². The molecule has 2 aliphatic rings. The van der Waals surface area contributed by atoms with Crippen molar-refractivity contribution in [1.82, 2.24) is 9.80 Å². The average Bonchev–Trinajstić information content (AvgIpc) is 2.88. The maximum absolute atomic E-state index is 2.69. The lowest BCUT2D eigenvalue weighted by molar-refractivity contribution is 0.124. The lowest BCUT2D eigenvalue weighted by Crippen LogP contribution is -2.46. The number of hydrogen-bond acceptors (Lipinski definition) is 2. The van der Waals surface area contributed by atoms with E-state index >= 15 is 0 Å². The summed E-state index contributed by atoms with van der Waals surface area (Å²) in [5, 5.41) is 0. The molecule has 1 saturated heterocycles. The molecule has 0 spiro atoms. The van der Waals surface area contributed by atoms with Gasteiger partial charge in [0.15, 0.2) is 0 Å². The number of rotatable bonds is 4. The highest BCUT2D eigenvalue weighted by molar-refractivity contribution is 4.96. The van der Waals surface area contributed by atoms with Gasteiger partial charge in [-0.25, -0.2) is 0 Å². The van der Waals surface area contributed by atoms with Crippen molar-refractivity contribution in [2.24, 2.45) is 11.3 Å². The third kappa shape index (κ3) is 3.18. The van der Waals surface area contributed by atoms with Gasteiger partial charge in [0.1, 0.15) is 0 Å². The highest BCUT2D eigenvalue weighted by Gasteiger charge is 2.43. The van der Waals surface area contributed by atoms with E-state index in [9.17, 15) is 0 Å². The molecule has 0 radical (unpaired) electrons. The number of nitrogens with zero attached hydrogens (tertiary/aromatic N) is 2. The molecule has 2 rings (SSSR count). The van der Waals surface area contributed by atoms with E-state index in [1.54, 1.807) is 0 Å². The molecular formula is C13H26N2. The second-order valence-electron chi connectivity index (χ2n) is 6.18. The summed E-state index contributed by atoms with van der Waals surface area (Å²) in [6.07, 6.45) is 4.41. The summed E-state index contributed by atoms with van der Waals surface area (Å²) in [5.74, 6) is 0.875. The van der Waals surface area contributed by atoms with Gasteiger partial charge in [0.25, 0.3) is 0 Å². The largest absolute Gasteiger partial charge is 0.304 e. The lowest BCUT2D eigenvalue weighted by atomic mass is 9.93. The highest BCUT2D eigenvalue weighted by atomic mass is 15.2. The van der Waals surface area contributed by atoms with E-state index in [2.05, 4.69) is 30.7 Å². The summed E-state index contributed by atoms with van der Waals surface area (Å²) in [4.78, 5) is 5.13. The summed E-state index contributed by atoms with van der Waals surface area (Å²) in [5.41, 5.74) is 0.726. The van der Waals surface area contributed by atoms with Crippen LogP contribution >= 0.6 is 0 Å². The van der Waals surface area contributed by atoms with Gasteiger partial charge < -0.3 is 9.80 Å². The van der Waals surface area contributed by atoms with Gasteiger partial charge in [-0.3, -0.25) is 0 Å². The van der Waals surface area contributed by atoms with Gasteiger partial charge in [0, 0.05) is 32.7 Å². The molecule has 15 heavy (non-hydrogen) atoms. The van der Waals surface area contributed by atoms with Crippen molar-refractivity contribution in [3.8, 4) is 0 Å². The van der Waals surface area contributed by atoms with Gasteiger partial charge in [-0.1, -0.05) is 13.8 Å². The van der Waals surface area contributed by atoms with Gasteiger partial charge in [0.2, 0.25) is 0 Å². The fourth-order valence-corrected chi connectivity index (χ4v) is 2.95. The molecule has 1 heterocycles. The second kappa shape index (κ2) is 4.42. The first-order chi connectivity index (χ1) is 7.10. The summed E-state index contributed by atoms with van der Waals surface area (Å²) < 4.78 is 0. The van der Waals surface area contributed by atoms with Crippen LogP contribution in [0.2, 0.25) is 0 Å². The fraction of sp³-hybridized carbons (Fsp3) is 1.00. The first kappa shape index (κ1) is 11.4. The summed E-state index contributed by atoms with van der Waals surface area (Å²) in [6, 6.07) is 0. The molecule has 1 saturated carbocycles. The second-order valence-corrected chi connectivity index (χ2v) is 6.18. The van der Waals surface area contributed by atoms with Gasteiger partial charge in [-0.2, -0.15) is 0 Å². The van der Waals surface area contributed by atoms with E-state index in [4.69, 9.17) is 0 Å². The normalized spacial score (nSPS) is 27.2. The zero-order valence-electron chi connectivity index (χ0n) is 10.6. The van der Waals surface area contributed by atoms with E-state index in [0.29, 0.717) is 0 Å². The summed E-state index contributed by atoms with van der Waals surface area (Å²) in [7, 11) is 2.23. The van der Waals surface area contributed by atoms with Crippen LogP contribution < -0.4 is 0 Å². The minimum Gasteiger partial charge on any atom is -0.304 e. The number of likely N-dealkylation sites (N-methyl/N-ethyl adjacent to an activating group) is 1. The standard InChI is InChI=1S/C13H26N2/c1-12(2)10-13(4-5-13)11-15-8-6-14(3)7-9-15/h12H,4-11H2,1-3H3. The summed E-state index contributed by atoms with van der Waals surface area (Å²) in [6.45, 7) is 11.2. The Labute approximate surface area is 94.6 Å². The molecule has 0 aromatic heterocycles. The van der Waals surface area contributed by atoms with E-state index in [0.717, 1.165) is 11.3 Å². The van der Waals surface area contributed by atoms with Gasteiger partial charge in [0.05, 0.1) is 0 Å². The summed E-state index contributed by atoms with van der Waals surface area (Å²) >= 11 is 0. The first-order valence-electron chi connectivity index (χ1n) is 6.51. The van der Waals surface area contributed by atoms with Gasteiger partial charge in [-0.15, -0.1) is 0 Å². The molecule has 2 fully saturated rings. The van der Waals surface area contributed by atoms with Crippen molar-refractivity contribution >= 4 is 0 Å². The third-order valence-electron chi connectivity index (χ3n) is 3.95. The monoisotopic (exact) mass is 210 g/mol. The number of hydrogen-bond donors (Lipinski definition) is 0. The van der Waals surface area contributed by atoms with Crippen LogP contribution in [0.5, 0.6) is 0 Å². The fourth-order valence-electron chi connectivity index (χ4n) is 2.95. The van der Waals surface area contributed by atoms with E-state index < -0.39 is 0 Å². The molecule has 1 aliphatic heterocycles. The van der Waals surface area contributed by atoms with Crippen LogP contribution in [0.15, 0.2) is 0 Å². The Balaban J connectivity index is 1.76. The Morgan fingerprint density at radius 3 is 2.13 bits per heavy atom. The molecule has 0 amide bonds. The first-order valence-corrected chi connectivity index (χ1v) is 6.51. The van der Waals surface area contributed by atoms with Crippen molar-refractivity contribution in [3.63, 3.8) is 0 Å². The van der Waals surface area contributed by atoms with Crippen molar-refractivity contribution < 1.29 is 0 Å². The molecule has 0 unspecified atom stereocenters. The molecule has 0 atom stereocenters. The van der Waals surface area contributed by atoms with Crippen LogP contribution in [0.3, 0.4) is 0 Å². The lowest BCUT2D eigenvalue weighted by Gasteiger charge is -2.35. The van der Waals surface area contributed by atoms with E-state index in [1.165, 1.54) is 52.0 Å². The Bertz CT molecular complexity index is 201. The van der Waals surface area contributed by atoms with Crippen LogP contribution in [0, 0.1) is 11.3 Å². The quantitative estimate of drug-likeness (QED) is 0.701. The SMILES string of the molecule is CC(C)CC1(CN2CCN(C)CC2)CC1. The van der Waals surface area contributed by atoms with Crippen LogP contribution in [0.25, 0.3) is 0 Å². The Morgan fingerprint density at radius 2 is 1.67 bits per heavy atom. The molecule has 1 aliphatic carbocycles. The zero-order valence-corrected chi connectivity index (χ0v) is 10.6. The molecule has 0 aromatic rings. The maximum atomic E-state index is 2.69. The molecule has 0 aromatic carbocycles. The van der Waals surface area contributed by atoms with Crippen LogP contribution in [0.4, 0.5) is 0 Å². The molecular weight excluding hydrogens is 184 g/mol. The minimum atomic E-state index is 0.726. The Morgan fingerprint density at radius 1 is 1.07 bits per heavy atom. The van der Waals surface area contributed by atoms with Gasteiger partial charge in [-0.05, 0) is 37.6 Å². The maximum Gasteiger partial charge on any atom is 0.0110 e. The van der Waals surface area contributed by atoms with Crippen LogP contribution in [-0.4, -0.2) is 49.6 Å². The highest BCUT2D eigenvalue weighted by Crippen LogP contribution is 2.51. The van der Waals surface area contributed by atoms with E-state index in [-0.39, 0.29) is 0 Å². The topological polar surface area (TPSA) is 6.48 Å². The van der Waals surface area contributed by atoms with Crippen molar-refractivity contribution in [2.75, 3.05) is 39.8 Å². The molecule has 0 N–H and O–H groups in total. The molecule has 0 bridgehead atoms. The van der Waals surface area contributed by atoms with Crippen molar-refractivity contribution in [1.29, 1.82) is 0 Å². The molecule has 2 nitrogen and oxygen atoms in total. The van der Waals surface area contributed by atoms with Crippen LogP contribution in [0.1, 0.15) is 33.1 Å². The van der Waals surface area contributed by atoms with Crippen molar-refractivity contribution in [2.45, 2.75) is 33.1 Å². The number of piperazine rings is 1. The molecule has 2 heteroatoms. The van der Waals surface area contributed by atoms with Crippen molar-refractivity contribution in [3.05, 3.63) is 0 Å². The molecule has 88 valence electrons. The van der Waals surface area contributed by atoms with Gasteiger partial charge >= 0.3 is 0 Å². The third-order valence-corrected chi connectivity index (χ3v) is 3.95. The van der Waals surface area contributed by atoms with Crippen LogP contribution in [-0.2, 0) is 0 Å². The predicted molar refractivity (Wildman–Crippen MR) is 65.1 cm³/mol. The smallest absolute Gasteiger partial charge is 0.0110 e. The predicted octanol–water partition coefficient (Wildman–Crippen LogP) is 2.06. The Kier molecular flexibility index (Phi) is 3.36. The average molecular weight is 210 g/mol. The zero-order chi connectivity index (χ0) is 10.9. The Hall–Kier alpha value is -0.0800. The minimum absolute atomic E-state index is 0.726.